The first-order valence-electron chi connectivity index (χ1n) is 6.81. The Labute approximate surface area is 132 Å². The minimum atomic E-state index is -3.30. The van der Waals surface area contributed by atoms with Crippen molar-refractivity contribution < 1.29 is 32.7 Å². The number of nitrogens with one attached hydrogen (secondary N) is 1. The summed E-state index contributed by atoms with van der Waals surface area (Å²) < 4.78 is 28.9. The van der Waals surface area contributed by atoms with Crippen LogP contribution in [0.5, 0.6) is 0 Å². The lowest BCUT2D eigenvalue weighted by atomic mass is 10.3. The van der Waals surface area contributed by atoms with Gasteiger partial charge < -0.3 is 9.84 Å². The molecule has 0 bridgehead atoms. The number of rotatable bonds is 4. The molecule has 0 atom stereocenters. The maximum absolute atomic E-state index is 12.1. The first-order chi connectivity index (χ1) is 10.8. The quantitative estimate of drug-likeness (QED) is 0.268. The van der Waals surface area contributed by atoms with Gasteiger partial charge in [0.15, 0.2) is 0 Å². The summed E-state index contributed by atoms with van der Waals surface area (Å²) in [5.74, 6) is -2.70. The second-order valence-corrected chi connectivity index (χ2v) is 6.79. The van der Waals surface area contributed by atoms with Crippen molar-refractivity contribution in [3.05, 3.63) is 11.5 Å². The van der Waals surface area contributed by atoms with Gasteiger partial charge in [0.1, 0.15) is 0 Å². The molecule has 2 rings (SSSR count). The summed E-state index contributed by atoms with van der Waals surface area (Å²) in [6.07, 6.45) is 1.11. The topological polar surface area (TPSA) is 138 Å². The third-order valence-corrected chi connectivity index (χ3v) is 4.56. The van der Waals surface area contributed by atoms with Crippen LogP contribution in [0.25, 0.3) is 0 Å². The van der Waals surface area contributed by atoms with E-state index in [1.54, 1.807) is 6.92 Å². The average Bonchev–Trinajstić information content (AvgIpc) is 2.87. The molecular formula is C11H17N5O6S. The molecule has 23 heavy (non-hydrogen) atoms. The Kier molecular flexibility index (Phi) is 4.85. The molecule has 2 aliphatic heterocycles. The molecule has 0 aromatic rings. The summed E-state index contributed by atoms with van der Waals surface area (Å²) in [7, 11) is -3.30. The van der Waals surface area contributed by atoms with Crippen LogP contribution in [0, 0.1) is 5.41 Å². The first-order valence-corrected chi connectivity index (χ1v) is 8.66. The third-order valence-electron chi connectivity index (χ3n) is 3.25. The summed E-state index contributed by atoms with van der Waals surface area (Å²) in [6.45, 7) is 2.42. The maximum atomic E-state index is 12.1. The molecule has 1 N–H and O–H groups in total. The molecule has 128 valence electrons. The predicted molar refractivity (Wildman–Crippen MR) is 73.1 cm³/mol. The Morgan fingerprint density at radius 3 is 2.57 bits per heavy atom. The molecule has 1 fully saturated rings. The van der Waals surface area contributed by atoms with Crippen molar-refractivity contribution in [2.75, 3.05) is 39.0 Å². The fraction of sp³-hybridized carbons (Fsp3) is 0.636. The molecule has 2 aliphatic rings. The molecule has 0 aromatic carbocycles. The van der Waals surface area contributed by atoms with E-state index < -0.39 is 27.6 Å². The summed E-state index contributed by atoms with van der Waals surface area (Å²) in [5.41, 5.74) is -0.351. The lowest BCUT2D eigenvalue weighted by molar-refractivity contribution is -0.709. The zero-order valence-electron chi connectivity index (χ0n) is 12.7. The van der Waals surface area contributed by atoms with Crippen LogP contribution < -0.4 is 5.11 Å². The monoisotopic (exact) mass is 347 g/mol. The number of hydrazine groups is 1. The normalized spacial score (nSPS) is 21.7. The van der Waals surface area contributed by atoms with Crippen LogP contribution in [0.15, 0.2) is 16.7 Å². The van der Waals surface area contributed by atoms with Gasteiger partial charge in [0.25, 0.3) is 0 Å². The number of esters is 1. The maximum Gasteiger partial charge on any atom is 0.332 e. The van der Waals surface area contributed by atoms with E-state index in [0.29, 0.717) is 0 Å². The van der Waals surface area contributed by atoms with E-state index in [-0.39, 0.29) is 38.5 Å². The Balaban J connectivity index is 2.18. The molecule has 0 spiro atoms. The van der Waals surface area contributed by atoms with Gasteiger partial charge in [0.05, 0.1) is 36.5 Å². The Morgan fingerprint density at radius 2 is 2.04 bits per heavy atom. The van der Waals surface area contributed by atoms with Gasteiger partial charge in [-0.3, -0.25) is 10.2 Å². The zero-order chi connectivity index (χ0) is 17.2. The van der Waals surface area contributed by atoms with E-state index in [2.05, 4.69) is 14.9 Å². The second-order valence-electron chi connectivity index (χ2n) is 4.81. The summed E-state index contributed by atoms with van der Waals surface area (Å²) in [6, 6.07) is 0. The standard InChI is InChI=1S/C11H17N5O6S/c1-3-21-11(18)9(17)8-10(12)22-13-16(8)14-4-6-15(7-5-14)23(2,19)20/h3-7H2,1-2H3,(H-,12,13,17). The van der Waals surface area contributed by atoms with Crippen molar-refractivity contribution >= 4 is 21.9 Å². The van der Waals surface area contributed by atoms with Gasteiger partial charge in [-0.25, -0.2) is 13.2 Å². The number of carbonyl (C=O) groups excluding carboxylic acids is 1. The van der Waals surface area contributed by atoms with Crippen LogP contribution in [-0.4, -0.2) is 73.4 Å². The molecule has 12 heteroatoms. The molecule has 2 heterocycles. The highest BCUT2D eigenvalue weighted by molar-refractivity contribution is 7.88. The molecular weight excluding hydrogens is 330 g/mol. The predicted octanol–water partition coefficient (Wildman–Crippen LogP) is -2.00. The summed E-state index contributed by atoms with van der Waals surface area (Å²) >= 11 is 0. The van der Waals surface area contributed by atoms with E-state index in [0.717, 1.165) is 11.1 Å². The lowest BCUT2D eigenvalue weighted by Gasteiger charge is -2.29. The van der Waals surface area contributed by atoms with E-state index >= 15 is 0 Å². The highest BCUT2D eigenvalue weighted by Crippen LogP contribution is 2.18. The molecule has 0 aromatic heterocycles. The van der Waals surface area contributed by atoms with Crippen molar-refractivity contribution in [2.24, 2.45) is 5.28 Å². The molecule has 0 aliphatic carbocycles. The number of sulfonamides is 1. The van der Waals surface area contributed by atoms with Gasteiger partial charge in [0.2, 0.25) is 15.3 Å². The molecule has 0 saturated carbocycles. The van der Waals surface area contributed by atoms with Crippen LogP contribution in [-0.2, 0) is 24.4 Å². The Hall–Kier alpha value is -2.21. The Morgan fingerprint density at radius 1 is 1.43 bits per heavy atom. The molecule has 0 unspecified atom stereocenters. The zero-order valence-corrected chi connectivity index (χ0v) is 13.5. The third kappa shape index (κ3) is 3.59. The Bertz CT molecular complexity index is 677. The smallest absolute Gasteiger partial charge is 0.332 e. The summed E-state index contributed by atoms with van der Waals surface area (Å²) in [4.78, 5) is 17.3. The second kappa shape index (κ2) is 6.50. The first kappa shape index (κ1) is 17.1. The van der Waals surface area contributed by atoms with Crippen LogP contribution in [0.4, 0.5) is 0 Å². The van der Waals surface area contributed by atoms with Crippen molar-refractivity contribution in [3.8, 4) is 0 Å². The van der Waals surface area contributed by atoms with Crippen LogP contribution in [0.1, 0.15) is 6.92 Å². The van der Waals surface area contributed by atoms with Gasteiger partial charge in [-0.15, -0.1) is 0 Å². The molecule has 0 amide bonds. The highest BCUT2D eigenvalue weighted by Gasteiger charge is 2.41. The number of nitrogens with zero attached hydrogens (tertiary/aromatic N) is 4. The fourth-order valence-electron chi connectivity index (χ4n) is 2.13. The van der Waals surface area contributed by atoms with Gasteiger partial charge in [0, 0.05) is 13.1 Å². The van der Waals surface area contributed by atoms with Crippen molar-refractivity contribution in [2.45, 2.75) is 6.92 Å². The average molecular weight is 347 g/mol. The molecule has 0 radical (unpaired) electrons. The van der Waals surface area contributed by atoms with Crippen LogP contribution in [0.2, 0.25) is 0 Å². The number of ether oxygens (including phenoxy) is 1. The van der Waals surface area contributed by atoms with Gasteiger partial charge >= 0.3 is 17.6 Å². The molecule has 1 saturated heterocycles. The SMILES string of the molecule is CCOC(=O)C([O-])=C1C(=N)ON=[N+]1N1CCN(S(C)(=O)=O)CC1. The van der Waals surface area contributed by atoms with E-state index in [9.17, 15) is 18.3 Å². The lowest BCUT2D eigenvalue weighted by Crippen LogP contribution is -2.51. The number of carbonyl (C=O) groups is 1. The van der Waals surface area contributed by atoms with E-state index in [4.69, 9.17) is 5.41 Å². The van der Waals surface area contributed by atoms with Gasteiger partial charge in [-0.05, 0) is 6.92 Å². The van der Waals surface area contributed by atoms with Crippen molar-refractivity contribution in [1.82, 2.24) is 9.31 Å². The number of piperazine rings is 1. The number of hydrogen-bond donors (Lipinski definition) is 1. The van der Waals surface area contributed by atoms with Gasteiger partial charge in [-0.2, -0.15) is 9.31 Å². The van der Waals surface area contributed by atoms with E-state index in [1.807, 2.05) is 0 Å². The number of hydrogen-bond acceptors (Lipinski definition) is 9. The van der Waals surface area contributed by atoms with Crippen LogP contribution >= 0.6 is 0 Å². The van der Waals surface area contributed by atoms with E-state index in [1.165, 1.54) is 9.31 Å². The fourth-order valence-corrected chi connectivity index (χ4v) is 2.96. The highest BCUT2D eigenvalue weighted by atomic mass is 32.2. The molecule has 11 nitrogen and oxygen atoms in total. The minimum absolute atomic E-state index is 0.0240. The van der Waals surface area contributed by atoms with Crippen LogP contribution in [0.3, 0.4) is 0 Å². The van der Waals surface area contributed by atoms with Gasteiger partial charge in [-0.1, -0.05) is 0 Å². The minimum Gasteiger partial charge on any atom is -0.863 e. The summed E-state index contributed by atoms with van der Waals surface area (Å²) in [5, 5.41) is 24.7. The van der Waals surface area contributed by atoms with Crippen molar-refractivity contribution in [3.63, 3.8) is 0 Å². The van der Waals surface area contributed by atoms with Crippen molar-refractivity contribution in [1.29, 1.82) is 5.41 Å². The largest absolute Gasteiger partial charge is 0.863 e.